The van der Waals surface area contributed by atoms with Crippen molar-refractivity contribution in [3.05, 3.63) is 35.8 Å². The molecule has 1 aliphatic heterocycles. The molecule has 2 aromatic rings. The molecule has 3 heterocycles. The number of carbonyl (C=O) groups excluding carboxylic acids is 1. The molecule has 2 aliphatic rings. The first-order chi connectivity index (χ1) is 12.8. The van der Waals surface area contributed by atoms with Gasteiger partial charge < -0.3 is 14.3 Å². The fourth-order valence-corrected chi connectivity index (χ4v) is 5.40. The van der Waals surface area contributed by atoms with E-state index in [1.807, 2.05) is 17.8 Å². The van der Waals surface area contributed by atoms with E-state index in [1.54, 1.807) is 20.2 Å². The van der Waals surface area contributed by atoms with Gasteiger partial charge in [-0.2, -0.15) is 4.31 Å². The smallest absolute Gasteiger partial charge is 0.246 e. The summed E-state index contributed by atoms with van der Waals surface area (Å²) in [6.07, 6.45) is 5.50. The summed E-state index contributed by atoms with van der Waals surface area (Å²) in [5.41, 5.74) is 0.742. The number of carbonyl (C=O) groups is 1. The number of hydrogen-bond donors (Lipinski definition) is 1. The van der Waals surface area contributed by atoms with Crippen molar-refractivity contribution in [2.24, 2.45) is 13.0 Å². The van der Waals surface area contributed by atoms with Gasteiger partial charge in [-0.05, 0) is 32.8 Å². The van der Waals surface area contributed by atoms with E-state index >= 15 is 0 Å². The van der Waals surface area contributed by atoms with Gasteiger partial charge in [0.15, 0.2) is 0 Å². The van der Waals surface area contributed by atoms with Gasteiger partial charge in [0.05, 0.1) is 17.9 Å². The first-order valence-corrected chi connectivity index (χ1v) is 10.5. The summed E-state index contributed by atoms with van der Waals surface area (Å²) in [6, 6.07) is 1.77. The van der Waals surface area contributed by atoms with Crippen LogP contribution in [0.1, 0.15) is 36.0 Å². The highest BCUT2D eigenvalue weighted by Crippen LogP contribution is 2.37. The second kappa shape index (κ2) is 6.49. The van der Waals surface area contributed by atoms with Crippen molar-refractivity contribution >= 4 is 15.9 Å². The summed E-state index contributed by atoms with van der Waals surface area (Å²) in [4.78, 5) is 17.3. The van der Waals surface area contributed by atoms with E-state index in [0.717, 1.165) is 18.5 Å². The lowest BCUT2D eigenvalue weighted by Gasteiger charge is -2.16. The second-order valence-corrected chi connectivity index (χ2v) is 9.47. The first kappa shape index (κ1) is 18.2. The molecule has 0 spiro atoms. The monoisotopic (exact) mass is 392 g/mol. The van der Waals surface area contributed by atoms with Crippen molar-refractivity contribution < 1.29 is 17.6 Å². The molecule has 146 valence electrons. The molecule has 4 rings (SSSR count). The fraction of sp³-hybridized carbons (Fsp3) is 0.556. The van der Waals surface area contributed by atoms with E-state index in [9.17, 15) is 13.2 Å². The Morgan fingerprint density at radius 2 is 2.04 bits per heavy atom. The highest BCUT2D eigenvalue weighted by Gasteiger charge is 2.45. The average Bonchev–Trinajstić information content (AvgIpc) is 2.99. The number of imidazole rings is 1. The largest absolute Gasteiger partial charge is 0.465 e. The van der Waals surface area contributed by atoms with Gasteiger partial charge in [0.2, 0.25) is 15.9 Å². The molecule has 1 saturated heterocycles. The van der Waals surface area contributed by atoms with Crippen LogP contribution in [0, 0.1) is 19.8 Å². The predicted molar refractivity (Wildman–Crippen MR) is 97.5 cm³/mol. The highest BCUT2D eigenvalue weighted by atomic mass is 32.2. The van der Waals surface area contributed by atoms with Crippen LogP contribution in [0.4, 0.5) is 0 Å². The average molecular weight is 392 g/mol. The third kappa shape index (κ3) is 3.41. The molecule has 0 bridgehead atoms. The zero-order valence-electron chi connectivity index (χ0n) is 15.7. The van der Waals surface area contributed by atoms with Crippen LogP contribution < -0.4 is 5.32 Å². The summed E-state index contributed by atoms with van der Waals surface area (Å²) in [6.45, 7) is 3.74. The molecule has 0 aromatic carbocycles. The Hall–Kier alpha value is -2.13. The summed E-state index contributed by atoms with van der Waals surface area (Å²) >= 11 is 0. The van der Waals surface area contributed by atoms with Crippen LogP contribution in [0.3, 0.4) is 0 Å². The third-order valence-corrected chi connectivity index (χ3v) is 7.20. The molecule has 2 fully saturated rings. The maximum absolute atomic E-state index is 13.2. The van der Waals surface area contributed by atoms with E-state index in [-0.39, 0.29) is 35.9 Å². The van der Waals surface area contributed by atoms with E-state index < -0.39 is 15.9 Å². The summed E-state index contributed by atoms with van der Waals surface area (Å²) in [7, 11) is -1.88. The van der Waals surface area contributed by atoms with Crippen LogP contribution in [-0.2, 0) is 21.9 Å². The maximum Gasteiger partial charge on any atom is 0.246 e. The number of nitrogens with one attached hydrogen (secondary N) is 1. The van der Waals surface area contributed by atoms with E-state index in [1.165, 1.54) is 10.4 Å². The van der Waals surface area contributed by atoms with Gasteiger partial charge in [0, 0.05) is 38.3 Å². The number of rotatable bonds is 5. The lowest BCUT2D eigenvalue weighted by molar-refractivity contribution is -0.125. The van der Waals surface area contributed by atoms with Gasteiger partial charge in [0.1, 0.15) is 16.4 Å². The van der Waals surface area contributed by atoms with Crippen LogP contribution in [0.5, 0.6) is 0 Å². The third-order valence-electron chi connectivity index (χ3n) is 5.26. The molecule has 1 N–H and O–H groups in total. The van der Waals surface area contributed by atoms with Crippen LogP contribution >= 0.6 is 0 Å². The van der Waals surface area contributed by atoms with Crippen molar-refractivity contribution in [3.8, 4) is 0 Å². The van der Waals surface area contributed by atoms with Crippen molar-refractivity contribution in [2.75, 3.05) is 13.1 Å². The van der Waals surface area contributed by atoms with Crippen molar-refractivity contribution in [1.82, 2.24) is 19.2 Å². The molecule has 2 atom stereocenters. The number of aryl methyl sites for hydroxylation is 3. The molecule has 9 heteroatoms. The molecule has 1 saturated carbocycles. The number of aromatic nitrogens is 2. The molecule has 1 aliphatic carbocycles. The Kier molecular flexibility index (Phi) is 4.38. The summed E-state index contributed by atoms with van der Waals surface area (Å²) < 4.78 is 34.9. The molecule has 0 unspecified atom stereocenters. The minimum absolute atomic E-state index is 0.0917. The van der Waals surface area contributed by atoms with Gasteiger partial charge >= 0.3 is 0 Å². The topological polar surface area (TPSA) is 97.4 Å². The lowest BCUT2D eigenvalue weighted by atomic mass is 9.92. The zero-order chi connectivity index (χ0) is 19.3. The van der Waals surface area contributed by atoms with Crippen LogP contribution in [0.15, 0.2) is 27.9 Å². The SMILES string of the molecule is Cc1cc(S(=O)(=O)N2C[C@@H](C(=O)NC3CC3)[C@H](c3cn(C)cn3)C2)c(C)o1. The van der Waals surface area contributed by atoms with E-state index in [0.29, 0.717) is 11.5 Å². The van der Waals surface area contributed by atoms with Gasteiger partial charge in [-0.15, -0.1) is 0 Å². The Bertz CT molecular complexity index is 973. The van der Waals surface area contributed by atoms with Crippen LogP contribution in [0.2, 0.25) is 0 Å². The minimum atomic E-state index is -3.74. The van der Waals surface area contributed by atoms with Gasteiger partial charge in [-0.3, -0.25) is 4.79 Å². The quantitative estimate of drug-likeness (QED) is 0.827. The maximum atomic E-state index is 13.2. The highest BCUT2D eigenvalue weighted by molar-refractivity contribution is 7.89. The molecular formula is C18H24N4O4S. The molecule has 2 aromatic heterocycles. The zero-order valence-corrected chi connectivity index (χ0v) is 16.5. The Labute approximate surface area is 158 Å². The van der Waals surface area contributed by atoms with Crippen molar-refractivity contribution in [3.63, 3.8) is 0 Å². The van der Waals surface area contributed by atoms with Gasteiger partial charge in [-0.25, -0.2) is 13.4 Å². The summed E-state index contributed by atoms with van der Waals surface area (Å²) in [5, 5.41) is 3.02. The number of amides is 1. The van der Waals surface area contributed by atoms with E-state index in [2.05, 4.69) is 10.3 Å². The van der Waals surface area contributed by atoms with Crippen molar-refractivity contribution in [1.29, 1.82) is 0 Å². The Morgan fingerprint density at radius 3 is 2.59 bits per heavy atom. The summed E-state index contributed by atoms with van der Waals surface area (Å²) in [5.74, 6) is 0.102. The predicted octanol–water partition coefficient (Wildman–Crippen LogP) is 1.31. The van der Waals surface area contributed by atoms with Crippen LogP contribution in [-0.4, -0.2) is 47.3 Å². The Morgan fingerprint density at radius 1 is 1.30 bits per heavy atom. The fourth-order valence-electron chi connectivity index (χ4n) is 3.69. The molecule has 0 radical (unpaired) electrons. The molecule has 8 nitrogen and oxygen atoms in total. The molecular weight excluding hydrogens is 368 g/mol. The molecule has 27 heavy (non-hydrogen) atoms. The number of nitrogens with zero attached hydrogens (tertiary/aromatic N) is 3. The van der Waals surface area contributed by atoms with Crippen LogP contribution in [0.25, 0.3) is 0 Å². The lowest BCUT2D eigenvalue weighted by Crippen LogP contribution is -2.36. The van der Waals surface area contributed by atoms with Gasteiger partial charge in [0.25, 0.3) is 0 Å². The minimum Gasteiger partial charge on any atom is -0.465 e. The number of furan rings is 1. The molecule has 1 amide bonds. The standard InChI is InChI=1S/C18H24N4O4S/c1-11-6-17(12(2)26-11)27(24,25)22-7-14(16-9-21(3)10-19-16)15(8-22)18(23)20-13-4-5-13/h6,9-10,13-15H,4-5,7-8H2,1-3H3,(H,20,23)/t14-,15-/m1/s1. The first-order valence-electron chi connectivity index (χ1n) is 9.11. The van der Waals surface area contributed by atoms with Crippen molar-refractivity contribution in [2.45, 2.75) is 43.5 Å². The number of sulfonamides is 1. The van der Waals surface area contributed by atoms with Gasteiger partial charge in [-0.1, -0.05) is 0 Å². The second-order valence-electron chi connectivity index (χ2n) is 7.56. The number of hydrogen-bond acceptors (Lipinski definition) is 5. The Balaban J connectivity index is 1.65. The normalized spacial score (nSPS) is 23.7. The van der Waals surface area contributed by atoms with E-state index in [4.69, 9.17) is 4.42 Å².